The van der Waals surface area contributed by atoms with E-state index in [0.29, 0.717) is 26.3 Å². The molecule has 1 saturated heterocycles. The number of amides is 1. The van der Waals surface area contributed by atoms with Gasteiger partial charge in [0.1, 0.15) is 5.75 Å². The number of ether oxygens (including phenoxy) is 4. The number of methoxy groups -OCH3 is 1. The van der Waals surface area contributed by atoms with Gasteiger partial charge >= 0.3 is 11.7 Å². The van der Waals surface area contributed by atoms with Crippen LogP contribution in [0.15, 0.2) is 18.2 Å². The van der Waals surface area contributed by atoms with E-state index in [-0.39, 0.29) is 23.1 Å². The highest BCUT2D eigenvalue weighted by Gasteiger charge is 2.25. The molecule has 0 radical (unpaired) electrons. The first kappa shape index (κ1) is 19.4. The molecule has 0 N–H and O–H groups in total. The third kappa shape index (κ3) is 5.06. The number of nitro groups is 1. The minimum Gasteiger partial charge on any atom is -0.490 e. The average molecular weight is 368 g/mol. The van der Waals surface area contributed by atoms with Crippen molar-refractivity contribution in [2.75, 3.05) is 40.0 Å². The Labute approximate surface area is 149 Å². The third-order valence-corrected chi connectivity index (χ3v) is 3.68. The molecule has 1 aliphatic rings. The molecule has 10 nitrogen and oxygen atoms in total. The van der Waals surface area contributed by atoms with Gasteiger partial charge in [-0.15, -0.1) is 0 Å². The Hall–Kier alpha value is -2.88. The fourth-order valence-electron chi connectivity index (χ4n) is 2.36. The van der Waals surface area contributed by atoms with Gasteiger partial charge in [-0.05, 0) is 13.0 Å². The summed E-state index contributed by atoms with van der Waals surface area (Å²) < 4.78 is 20.4. The van der Waals surface area contributed by atoms with Crippen LogP contribution in [0.1, 0.15) is 6.92 Å². The lowest BCUT2D eigenvalue weighted by molar-refractivity contribution is -0.385. The molecule has 1 aromatic carbocycles. The minimum absolute atomic E-state index is 0.0109. The number of nitro benzene ring substituents is 1. The largest absolute Gasteiger partial charge is 0.490 e. The van der Waals surface area contributed by atoms with Crippen molar-refractivity contribution in [1.82, 2.24) is 4.90 Å². The summed E-state index contributed by atoms with van der Waals surface area (Å²) in [7, 11) is 1.29. The van der Waals surface area contributed by atoms with E-state index < -0.39 is 23.6 Å². The maximum Gasteiger partial charge on any atom is 0.344 e. The Morgan fingerprint density at radius 2 is 2.04 bits per heavy atom. The van der Waals surface area contributed by atoms with E-state index in [0.717, 1.165) is 0 Å². The molecule has 1 unspecified atom stereocenters. The molecule has 26 heavy (non-hydrogen) atoms. The second-order valence-electron chi connectivity index (χ2n) is 5.45. The summed E-state index contributed by atoms with van der Waals surface area (Å²) in [6, 6.07) is 3.86. The lowest BCUT2D eigenvalue weighted by atomic mass is 10.3. The molecular formula is C16H20N2O8. The summed E-state index contributed by atoms with van der Waals surface area (Å²) in [5, 5.41) is 10.8. The molecule has 142 valence electrons. The second kappa shape index (κ2) is 8.99. The van der Waals surface area contributed by atoms with Crippen LogP contribution in [-0.4, -0.2) is 67.8 Å². The van der Waals surface area contributed by atoms with E-state index in [1.165, 1.54) is 32.2 Å². The van der Waals surface area contributed by atoms with Gasteiger partial charge in [-0.1, -0.05) is 0 Å². The summed E-state index contributed by atoms with van der Waals surface area (Å²) in [5.41, 5.74) is -0.216. The smallest absolute Gasteiger partial charge is 0.344 e. The van der Waals surface area contributed by atoms with Crippen molar-refractivity contribution in [2.24, 2.45) is 0 Å². The van der Waals surface area contributed by atoms with Crippen LogP contribution in [0.4, 0.5) is 5.69 Å². The SMILES string of the molecule is COc1cc(OCC(=O)OC(C)C(=O)N2CCOCC2)ccc1[N+](=O)[O-]. The molecule has 0 saturated carbocycles. The van der Waals surface area contributed by atoms with Crippen LogP contribution < -0.4 is 9.47 Å². The summed E-state index contributed by atoms with van der Waals surface area (Å²) in [5.74, 6) is -0.802. The number of carbonyl (C=O) groups excluding carboxylic acids is 2. The number of nitrogens with zero attached hydrogens (tertiary/aromatic N) is 2. The zero-order chi connectivity index (χ0) is 19.1. The molecule has 0 spiro atoms. The molecule has 0 aliphatic carbocycles. The van der Waals surface area contributed by atoms with Gasteiger partial charge in [0.25, 0.3) is 5.91 Å². The maximum absolute atomic E-state index is 12.2. The summed E-state index contributed by atoms with van der Waals surface area (Å²) in [4.78, 5) is 35.9. The lowest BCUT2D eigenvalue weighted by Crippen LogP contribution is -2.46. The van der Waals surface area contributed by atoms with Crippen LogP contribution >= 0.6 is 0 Å². The zero-order valence-electron chi connectivity index (χ0n) is 14.5. The number of hydrogen-bond donors (Lipinski definition) is 0. The minimum atomic E-state index is -0.935. The molecule has 1 aromatic rings. The molecule has 1 heterocycles. The first-order valence-corrected chi connectivity index (χ1v) is 7.93. The highest BCUT2D eigenvalue weighted by molar-refractivity contribution is 5.83. The maximum atomic E-state index is 12.2. The summed E-state index contributed by atoms with van der Waals surface area (Å²) >= 11 is 0. The topological polar surface area (TPSA) is 117 Å². The first-order valence-electron chi connectivity index (χ1n) is 7.93. The van der Waals surface area contributed by atoms with Gasteiger partial charge in [-0.25, -0.2) is 4.79 Å². The first-order chi connectivity index (χ1) is 12.4. The Kier molecular flexibility index (Phi) is 6.73. The standard InChI is InChI=1S/C16H20N2O8/c1-11(16(20)17-5-7-24-8-6-17)26-15(19)10-25-12-3-4-13(18(21)22)14(9-12)23-2/h3-4,9,11H,5-8,10H2,1-2H3. The molecule has 10 heteroatoms. The third-order valence-electron chi connectivity index (χ3n) is 3.68. The Morgan fingerprint density at radius 1 is 1.35 bits per heavy atom. The van der Waals surface area contributed by atoms with E-state index in [2.05, 4.69) is 0 Å². The summed E-state index contributed by atoms with van der Waals surface area (Å²) in [6.45, 7) is 2.88. The fraction of sp³-hybridized carbons (Fsp3) is 0.500. The Morgan fingerprint density at radius 3 is 2.65 bits per heavy atom. The van der Waals surface area contributed by atoms with Crippen LogP contribution in [0.2, 0.25) is 0 Å². The molecule has 1 atom stereocenters. The van der Waals surface area contributed by atoms with E-state index in [4.69, 9.17) is 18.9 Å². The average Bonchev–Trinajstić information content (AvgIpc) is 2.65. The van der Waals surface area contributed by atoms with Crippen LogP contribution in [0.5, 0.6) is 11.5 Å². The highest BCUT2D eigenvalue weighted by Crippen LogP contribution is 2.30. The number of rotatable bonds is 7. The molecule has 2 rings (SSSR count). The van der Waals surface area contributed by atoms with Crippen molar-refractivity contribution in [2.45, 2.75) is 13.0 Å². The fourth-order valence-corrected chi connectivity index (χ4v) is 2.36. The molecule has 1 amide bonds. The van der Waals surface area contributed by atoms with E-state index in [9.17, 15) is 19.7 Å². The predicted octanol–water partition coefficient (Wildman–Crippen LogP) is 0.773. The highest BCUT2D eigenvalue weighted by atomic mass is 16.6. The van der Waals surface area contributed by atoms with Gasteiger partial charge in [0, 0.05) is 25.2 Å². The van der Waals surface area contributed by atoms with Gasteiger partial charge in [0.15, 0.2) is 12.7 Å². The summed E-state index contributed by atoms with van der Waals surface area (Å²) in [6.07, 6.45) is -0.935. The van der Waals surface area contributed by atoms with Gasteiger partial charge in [-0.2, -0.15) is 0 Å². The monoisotopic (exact) mass is 368 g/mol. The van der Waals surface area contributed by atoms with Crippen LogP contribution in [0.3, 0.4) is 0 Å². The molecule has 0 bridgehead atoms. The van der Waals surface area contributed by atoms with Gasteiger partial charge in [0.2, 0.25) is 5.75 Å². The Balaban J connectivity index is 1.86. The van der Waals surface area contributed by atoms with E-state index >= 15 is 0 Å². The Bertz CT molecular complexity index is 672. The van der Waals surface area contributed by atoms with Crippen LogP contribution in [0, 0.1) is 10.1 Å². The molecule has 1 aliphatic heterocycles. The molecule has 0 aromatic heterocycles. The van der Waals surface area contributed by atoms with Crippen molar-refractivity contribution < 1.29 is 33.5 Å². The van der Waals surface area contributed by atoms with Crippen molar-refractivity contribution in [3.8, 4) is 11.5 Å². The zero-order valence-corrected chi connectivity index (χ0v) is 14.5. The van der Waals surface area contributed by atoms with Gasteiger partial charge < -0.3 is 23.8 Å². The number of morpholine rings is 1. The number of esters is 1. The lowest BCUT2D eigenvalue weighted by Gasteiger charge is -2.28. The van der Waals surface area contributed by atoms with Crippen LogP contribution in [0.25, 0.3) is 0 Å². The van der Waals surface area contributed by atoms with E-state index in [1.54, 1.807) is 4.90 Å². The molecular weight excluding hydrogens is 348 g/mol. The van der Waals surface area contributed by atoms with Crippen molar-refractivity contribution in [1.29, 1.82) is 0 Å². The quantitative estimate of drug-likeness (QED) is 0.393. The van der Waals surface area contributed by atoms with Gasteiger partial charge in [0.05, 0.1) is 25.2 Å². The number of hydrogen-bond acceptors (Lipinski definition) is 8. The second-order valence-corrected chi connectivity index (χ2v) is 5.45. The van der Waals surface area contributed by atoms with Crippen molar-refractivity contribution >= 4 is 17.6 Å². The number of carbonyl (C=O) groups is 2. The van der Waals surface area contributed by atoms with Crippen molar-refractivity contribution in [3.05, 3.63) is 28.3 Å². The normalized spacial score (nSPS) is 15.1. The molecule has 1 fully saturated rings. The van der Waals surface area contributed by atoms with Gasteiger partial charge in [-0.3, -0.25) is 14.9 Å². The van der Waals surface area contributed by atoms with Crippen molar-refractivity contribution in [3.63, 3.8) is 0 Å². The number of benzene rings is 1. The van der Waals surface area contributed by atoms with E-state index in [1.807, 2.05) is 0 Å². The predicted molar refractivity (Wildman–Crippen MR) is 88.1 cm³/mol. The van der Waals surface area contributed by atoms with Crippen LogP contribution in [-0.2, 0) is 19.1 Å².